The monoisotopic (exact) mass is 451 g/mol. The maximum atomic E-state index is 13.6. The minimum absolute atomic E-state index is 0.0692. The van der Waals surface area contributed by atoms with Crippen LogP contribution >= 0.6 is 0 Å². The van der Waals surface area contributed by atoms with E-state index in [0.717, 1.165) is 40.7 Å². The Balaban J connectivity index is 1.46. The van der Waals surface area contributed by atoms with Crippen molar-refractivity contribution in [3.63, 3.8) is 0 Å². The van der Waals surface area contributed by atoms with Gasteiger partial charge in [-0.05, 0) is 69.0 Å². The molecule has 5 rings (SSSR count). The molecule has 3 aromatic rings. The summed E-state index contributed by atoms with van der Waals surface area (Å²) < 4.78 is 28.9. The van der Waals surface area contributed by atoms with Gasteiger partial charge in [-0.25, -0.2) is 8.42 Å². The van der Waals surface area contributed by atoms with Crippen molar-refractivity contribution in [1.82, 2.24) is 9.29 Å². The number of aromatic nitrogens is 1. The lowest BCUT2D eigenvalue weighted by atomic mass is 9.94. The smallest absolute Gasteiger partial charge is 0.243 e. The van der Waals surface area contributed by atoms with E-state index in [1.54, 1.807) is 10.4 Å². The van der Waals surface area contributed by atoms with Crippen LogP contribution in [0.2, 0.25) is 0 Å². The highest BCUT2D eigenvalue weighted by atomic mass is 32.2. The van der Waals surface area contributed by atoms with Crippen LogP contribution in [0.15, 0.2) is 41.3 Å². The summed E-state index contributed by atoms with van der Waals surface area (Å²) >= 11 is 0. The number of aryl methyl sites for hydroxylation is 3. The van der Waals surface area contributed by atoms with E-state index in [0.29, 0.717) is 36.5 Å². The number of nitrogens with one attached hydrogen (secondary N) is 1. The van der Waals surface area contributed by atoms with Crippen molar-refractivity contribution < 1.29 is 13.2 Å². The summed E-state index contributed by atoms with van der Waals surface area (Å²) in [5, 5.41) is 0.846. The largest absolute Gasteiger partial charge is 0.366 e. The van der Waals surface area contributed by atoms with Gasteiger partial charge < -0.3 is 9.88 Å². The minimum Gasteiger partial charge on any atom is -0.366 e. The fourth-order valence-corrected chi connectivity index (χ4v) is 6.94. The second kappa shape index (κ2) is 7.74. The Kier molecular flexibility index (Phi) is 5.13. The molecule has 0 bridgehead atoms. The standard InChI is InChI=1S/C25H29N3O3S/c1-16-6-4-7-19(12-16)28-11-10-27(15-18(28)3)32(30,31)24-14-22-20(13-17(24)2)25-21(26-22)8-5-9-23(25)29/h4,6-7,12-14,18,26H,5,8-11,15H2,1-3H3. The molecule has 0 saturated carbocycles. The topological polar surface area (TPSA) is 73.5 Å². The van der Waals surface area contributed by atoms with E-state index in [-0.39, 0.29) is 11.8 Å². The summed E-state index contributed by atoms with van der Waals surface area (Å²) in [4.78, 5) is 18.4. The van der Waals surface area contributed by atoms with E-state index in [1.165, 1.54) is 5.56 Å². The van der Waals surface area contributed by atoms with Gasteiger partial charge in [-0.1, -0.05) is 12.1 Å². The van der Waals surface area contributed by atoms with Gasteiger partial charge in [0, 0.05) is 59.9 Å². The van der Waals surface area contributed by atoms with Crippen molar-refractivity contribution >= 4 is 32.4 Å². The van der Waals surface area contributed by atoms with E-state index in [1.807, 2.05) is 19.1 Å². The van der Waals surface area contributed by atoms with Gasteiger partial charge in [0.2, 0.25) is 10.0 Å². The number of hydrogen-bond acceptors (Lipinski definition) is 4. The summed E-state index contributed by atoms with van der Waals surface area (Å²) in [6.45, 7) is 7.50. The van der Waals surface area contributed by atoms with Crippen LogP contribution in [0.3, 0.4) is 0 Å². The molecule has 1 N–H and O–H groups in total. The van der Waals surface area contributed by atoms with Gasteiger partial charge in [-0.3, -0.25) is 4.79 Å². The Bertz CT molecular complexity index is 1330. The molecule has 32 heavy (non-hydrogen) atoms. The maximum absolute atomic E-state index is 13.6. The molecule has 2 aromatic carbocycles. The minimum atomic E-state index is -3.64. The van der Waals surface area contributed by atoms with Crippen LogP contribution < -0.4 is 4.90 Å². The SMILES string of the molecule is Cc1cccc(N2CCN(S(=O)(=O)c3cc4[nH]c5c(c4cc3C)C(=O)CCC5)CC2C)c1. The summed E-state index contributed by atoms with van der Waals surface area (Å²) in [6.07, 6.45) is 2.23. The second-order valence-electron chi connectivity index (χ2n) is 9.16. The molecule has 1 unspecified atom stereocenters. The first-order valence-electron chi connectivity index (χ1n) is 11.3. The van der Waals surface area contributed by atoms with Crippen molar-refractivity contribution in [2.24, 2.45) is 0 Å². The highest BCUT2D eigenvalue weighted by molar-refractivity contribution is 7.89. The molecule has 7 heteroatoms. The summed E-state index contributed by atoms with van der Waals surface area (Å²) in [7, 11) is -3.64. The Labute approximate surface area is 189 Å². The van der Waals surface area contributed by atoms with E-state index < -0.39 is 10.0 Å². The van der Waals surface area contributed by atoms with Crippen LogP contribution in [-0.4, -0.2) is 49.2 Å². The fraction of sp³-hybridized carbons (Fsp3) is 0.400. The van der Waals surface area contributed by atoms with Gasteiger partial charge in [-0.2, -0.15) is 4.31 Å². The number of sulfonamides is 1. The van der Waals surface area contributed by atoms with Crippen molar-refractivity contribution in [2.45, 2.75) is 51.0 Å². The van der Waals surface area contributed by atoms with Gasteiger partial charge in [0.15, 0.2) is 5.78 Å². The maximum Gasteiger partial charge on any atom is 0.243 e. The number of ketones is 1. The van der Waals surface area contributed by atoms with Crippen LogP contribution in [0, 0.1) is 13.8 Å². The average Bonchev–Trinajstić information content (AvgIpc) is 3.11. The van der Waals surface area contributed by atoms with E-state index >= 15 is 0 Å². The van der Waals surface area contributed by atoms with Gasteiger partial charge in [0.1, 0.15) is 0 Å². The molecule has 1 aromatic heterocycles. The predicted octanol–water partition coefficient (Wildman–Crippen LogP) is 4.20. The van der Waals surface area contributed by atoms with Gasteiger partial charge in [0.25, 0.3) is 0 Å². The number of hydrogen-bond donors (Lipinski definition) is 1. The highest BCUT2D eigenvalue weighted by Gasteiger charge is 2.34. The second-order valence-corrected chi connectivity index (χ2v) is 11.1. The Morgan fingerprint density at radius 1 is 1.06 bits per heavy atom. The number of aromatic amines is 1. The number of carbonyl (C=O) groups is 1. The van der Waals surface area contributed by atoms with Gasteiger partial charge in [-0.15, -0.1) is 0 Å². The quantitative estimate of drug-likeness (QED) is 0.648. The number of Topliss-reactive ketones (excluding diaryl/α,β-unsaturated/α-hetero) is 1. The van der Waals surface area contributed by atoms with Crippen LogP contribution in [-0.2, 0) is 16.4 Å². The van der Waals surface area contributed by atoms with Crippen LogP contribution in [0.25, 0.3) is 10.9 Å². The molecule has 2 heterocycles. The Morgan fingerprint density at radius 2 is 1.88 bits per heavy atom. The third kappa shape index (κ3) is 3.44. The zero-order valence-electron chi connectivity index (χ0n) is 18.8. The number of carbonyl (C=O) groups excluding carboxylic acids is 1. The molecule has 1 fully saturated rings. The van der Waals surface area contributed by atoms with Crippen LogP contribution in [0.4, 0.5) is 5.69 Å². The van der Waals surface area contributed by atoms with Crippen LogP contribution in [0.1, 0.15) is 46.9 Å². The number of nitrogens with zero attached hydrogens (tertiary/aromatic N) is 2. The zero-order valence-corrected chi connectivity index (χ0v) is 19.6. The third-order valence-electron chi connectivity index (χ3n) is 6.82. The molecular formula is C25H29N3O3S. The lowest BCUT2D eigenvalue weighted by molar-refractivity contribution is 0.0974. The molecular weight excluding hydrogens is 422 g/mol. The summed E-state index contributed by atoms with van der Waals surface area (Å²) in [5.74, 6) is 0.147. The number of piperazine rings is 1. The molecule has 6 nitrogen and oxygen atoms in total. The number of fused-ring (bicyclic) bond motifs is 3. The van der Waals surface area contributed by atoms with Crippen molar-refractivity contribution in [3.8, 4) is 0 Å². The Hall–Kier alpha value is -2.64. The Morgan fingerprint density at radius 3 is 2.62 bits per heavy atom. The highest BCUT2D eigenvalue weighted by Crippen LogP contribution is 2.34. The van der Waals surface area contributed by atoms with Crippen molar-refractivity contribution in [3.05, 3.63) is 58.8 Å². The molecule has 1 aliphatic heterocycles. The van der Waals surface area contributed by atoms with E-state index in [2.05, 4.69) is 41.9 Å². The van der Waals surface area contributed by atoms with E-state index in [4.69, 9.17) is 0 Å². The molecule has 1 saturated heterocycles. The lowest BCUT2D eigenvalue weighted by Crippen LogP contribution is -2.53. The summed E-state index contributed by atoms with van der Waals surface area (Å²) in [5.41, 5.74) is 5.44. The molecule has 168 valence electrons. The van der Waals surface area contributed by atoms with Crippen molar-refractivity contribution in [2.75, 3.05) is 24.5 Å². The van der Waals surface area contributed by atoms with E-state index in [9.17, 15) is 13.2 Å². The number of rotatable bonds is 3. The molecule has 1 atom stereocenters. The first-order chi connectivity index (χ1) is 15.3. The predicted molar refractivity (Wildman–Crippen MR) is 127 cm³/mol. The van der Waals surface area contributed by atoms with Gasteiger partial charge in [0.05, 0.1) is 4.90 Å². The normalized spacial score (nSPS) is 20.0. The third-order valence-corrected chi connectivity index (χ3v) is 8.83. The average molecular weight is 452 g/mol. The fourth-order valence-electron chi connectivity index (χ4n) is 5.19. The number of benzene rings is 2. The van der Waals surface area contributed by atoms with Crippen molar-refractivity contribution in [1.29, 1.82) is 0 Å². The lowest BCUT2D eigenvalue weighted by Gasteiger charge is -2.40. The molecule has 2 aliphatic rings. The zero-order chi connectivity index (χ0) is 22.6. The molecule has 0 spiro atoms. The number of H-pyrrole nitrogens is 1. The molecule has 1 aliphatic carbocycles. The number of anilines is 1. The first kappa shape index (κ1) is 21.2. The molecule has 0 amide bonds. The van der Waals surface area contributed by atoms with Gasteiger partial charge >= 0.3 is 0 Å². The first-order valence-corrected chi connectivity index (χ1v) is 12.7. The molecule has 0 radical (unpaired) electrons. The summed E-state index contributed by atoms with van der Waals surface area (Å²) in [6, 6.07) is 12.0. The van der Waals surface area contributed by atoms with Crippen LogP contribution in [0.5, 0.6) is 0 Å².